The van der Waals surface area contributed by atoms with Crippen LogP contribution in [0, 0.1) is 5.92 Å². The largest absolute Gasteiger partial charge is 0.372 e. The first kappa shape index (κ1) is 19.2. The van der Waals surface area contributed by atoms with Gasteiger partial charge in [-0.3, -0.25) is 14.6 Å². The molecule has 156 valence electrons. The van der Waals surface area contributed by atoms with Gasteiger partial charge >= 0.3 is 0 Å². The minimum atomic E-state index is -0.267. The van der Waals surface area contributed by atoms with Crippen molar-refractivity contribution >= 4 is 11.8 Å². The van der Waals surface area contributed by atoms with Gasteiger partial charge in [-0.05, 0) is 54.2 Å². The van der Waals surface area contributed by atoms with Crippen LogP contribution in [0.2, 0.25) is 0 Å². The molecule has 7 nitrogen and oxygen atoms in total. The summed E-state index contributed by atoms with van der Waals surface area (Å²) in [6.07, 6.45) is 5.03. The molecule has 2 saturated heterocycles. The smallest absolute Gasteiger partial charge is 0.254 e. The molecule has 4 heterocycles. The first-order valence-corrected chi connectivity index (χ1v) is 10.5. The van der Waals surface area contributed by atoms with E-state index in [2.05, 4.69) is 10.3 Å². The first-order valence-electron chi connectivity index (χ1n) is 10.5. The number of nitrogens with one attached hydrogen (secondary N) is 1. The van der Waals surface area contributed by atoms with E-state index in [1.54, 1.807) is 24.5 Å². The number of carbonyl (C=O) groups excluding carboxylic acids is 2. The van der Waals surface area contributed by atoms with E-state index >= 15 is 0 Å². The third kappa shape index (κ3) is 3.48. The van der Waals surface area contributed by atoms with Gasteiger partial charge in [0.05, 0.1) is 26.3 Å². The van der Waals surface area contributed by atoms with Crippen LogP contribution in [-0.4, -0.2) is 53.5 Å². The van der Waals surface area contributed by atoms with Gasteiger partial charge in [0.2, 0.25) is 0 Å². The number of hydrogen-bond donors (Lipinski definition) is 1. The van der Waals surface area contributed by atoms with Gasteiger partial charge in [-0.25, -0.2) is 0 Å². The minimum absolute atomic E-state index is 0.0514. The molecule has 0 radical (unpaired) electrons. The number of rotatable bonds is 5. The van der Waals surface area contributed by atoms with Gasteiger partial charge in [0.15, 0.2) is 0 Å². The fourth-order valence-corrected chi connectivity index (χ4v) is 4.74. The van der Waals surface area contributed by atoms with E-state index in [-0.39, 0.29) is 17.4 Å². The summed E-state index contributed by atoms with van der Waals surface area (Å²) in [5.41, 5.74) is 3.34. The van der Waals surface area contributed by atoms with Gasteiger partial charge in [0, 0.05) is 36.7 Å². The highest BCUT2D eigenvalue weighted by Crippen LogP contribution is 2.42. The number of nitrogens with zero attached hydrogens (tertiary/aromatic N) is 2. The molecule has 1 aromatic heterocycles. The maximum absolute atomic E-state index is 12.9. The van der Waals surface area contributed by atoms with Crippen molar-refractivity contribution in [1.82, 2.24) is 15.2 Å². The molecular weight excluding hydrogens is 382 g/mol. The van der Waals surface area contributed by atoms with Crippen LogP contribution in [0.3, 0.4) is 0 Å². The standard InChI is InChI=1S/C23H25N3O4/c27-21(16-3-7-24-8-4-16)25-9-5-20-6-10-30-23(20)14-26(15-23)22(28)17-1-2-18-12-29-13-19(18)11-17/h1-4,7-8,11,20H,5-6,9-10,12-15H2,(H,25,27). The zero-order chi connectivity index (χ0) is 20.6. The Balaban J connectivity index is 1.15. The number of benzene rings is 1. The number of hydrogen-bond acceptors (Lipinski definition) is 5. The van der Waals surface area contributed by atoms with Crippen molar-refractivity contribution in [2.45, 2.75) is 31.7 Å². The molecule has 0 saturated carbocycles. The van der Waals surface area contributed by atoms with E-state index in [0.29, 0.717) is 56.5 Å². The second kappa shape index (κ2) is 7.81. The monoisotopic (exact) mass is 407 g/mol. The van der Waals surface area contributed by atoms with Crippen molar-refractivity contribution in [3.8, 4) is 0 Å². The Labute approximate surface area is 175 Å². The Morgan fingerprint density at radius 2 is 1.90 bits per heavy atom. The summed E-state index contributed by atoms with van der Waals surface area (Å²) >= 11 is 0. The first-order chi connectivity index (χ1) is 14.6. The summed E-state index contributed by atoms with van der Waals surface area (Å²) in [5.74, 6) is 0.305. The highest BCUT2D eigenvalue weighted by atomic mass is 16.5. The second-order valence-corrected chi connectivity index (χ2v) is 8.32. The maximum Gasteiger partial charge on any atom is 0.254 e. The molecular formula is C23H25N3O4. The van der Waals surface area contributed by atoms with Crippen LogP contribution in [-0.2, 0) is 22.7 Å². The molecule has 1 atom stereocenters. The van der Waals surface area contributed by atoms with E-state index in [1.807, 2.05) is 23.1 Å². The SMILES string of the molecule is O=C(NCCC1CCOC12CN(C(=O)c1ccc3c(c1)COC3)C2)c1ccncc1. The van der Waals surface area contributed by atoms with Gasteiger partial charge in [0.1, 0.15) is 5.60 Å². The molecule has 3 aliphatic heterocycles. The van der Waals surface area contributed by atoms with Crippen LogP contribution in [0.5, 0.6) is 0 Å². The molecule has 1 N–H and O–H groups in total. The van der Waals surface area contributed by atoms with Crippen LogP contribution in [0.1, 0.15) is 44.7 Å². The number of carbonyl (C=O) groups is 2. The normalized spacial score (nSPS) is 21.3. The molecule has 1 unspecified atom stereocenters. The van der Waals surface area contributed by atoms with E-state index in [9.17, 15) is 9.59 Å². The van der Waals surface area contributed by atoms with Gasteiger partial charge in [-0.2, -0.15) is 0 Å². The molecule has 30 heavy (non-hydrogen) atoms. The number of fused-ring (bicyclic) bond motifs is 1. The molecule has 3 aliphatic rings. The fraction of sp³-hybridized carbons (Fsp3) is 0.435. The van der Waals surface area contributed by atoms with Crippen molar-refractivity contribution in [1.29, 1.82) is 0 Å². The van der Waals surface area contributed by atoms with Crippen LogP contribution >= 0.6 is 0 Å². The molecule has 0 aliphatic carbocycles. The lowest BCUT2D eigenvalue weighted by molar-refractivity contribution is -0.117. The van der Waals surface area contributed by atoms with Gasteiger partial charge in [0.25, 0.3) is 11.8 Å². The van der Waals surface area contributed by atoms with Crippen molar-refractivity contribution < 1.29 is 19.1 Å². The van der Waals surface area contributed by atoms with E-state index in [4.69, 9.17) is 9.47 Å². The lowest BCUT2D eigenvalue weighted by Crippen LogP contribution is -2.66. The summed E-state index contributed by atoms with van der Waals surface area (Å²) in [6.45, 7) is 3.74. The maximum atomic E-state index is 12.9. The van der Waals surface area contributed by atoms with Crippen molar-refractivity contribution in [2.75, 3.05) is 26.2 Å². The zero-order valence-corrected chi connectivity index (χ0v) is 16.8. The molecule has 2 amide bonds. The Morgan fingerprint density at radius 1 is 1.10 bits per heavy atom. The van der Waals surface area contributed by atoms with Crippen molar-refractivity contribution in [2.24, 2.45) is 5.92 Å². The fourth-order valence-electron chi connectivity index (χ4n) is 4.74. The number of aromatic nitrogens is 1. The molecule has 1 aromatic carbocycles. The average molecular weight is 407 g/mol. The number of ether oxygens (including phenoxy) is 2. The van der Waals surface area contributed by atoms with E-state index in [0.717, 1.165) is 18.4 Å². The highest BCUT2D eigenvalue weighted by molar-refractivity contribution is 5.95. The second-order valence-electron chi connectivity index (χ2n) is 8.32. The lowest BCUT2D eigenvalue weighted by atomic mass is 9.78. The Hall–Kier alpha value is -2.77. The predicted octanol–water partition coefficient (Wildman–Crippen LogP) is 2.16. The number of pyridine rings is 1. The quantitative estimate of drug-likeness (QED) is 0.822. The summed E-state index contributed by atoms with van der Waals surface area (Å²) in [7, 11) is 0. The average Bonchev–Trinajstić information content (AvgIpc) is 3.39. The molecule has 7 heteroatoms. The molecule has 0 bridgehead atoms. The Morgan fingerprint density at radius 3 is 2.73 bits per heavy atom. The lowest BCUT2D eigenvalue weighted by Gasteiger charge is -2.50. The summed E-state index contributed by atoms with van der Waals surface area (Å²) < 4.78 is 11.5. The molecule has 5 rings (SSSR count). The Bertz CT molecular complexity index is 956. The third-order valence-electron chi connectivity index (χ3n) is 6.49. The third-order valence-corrected chi connectivity index (χ3v) is 6.49. The van der Waals surface area contributed by atoms with Crippen LogP contribution < -0.4 is 5.32 Å². The summed E-state index contributed by atoms with van der Waals surface area (Å²) in [5, 5.41) is 2.98. The minimum Gasteiger partial charge on any atom is -0.372 e. The number of amides is 2. The van der Waals surface area contributed by atoms with Gasteiger partial charge in [-0.15, -0.1) is 0 Å². The summed E-state index contributed by atoms with van der Waals surface area (Å²) in [4.78, 5) is 30.9. The topological polar surface area (TPSA) is 80.8 Å². The van der Waals surface area contributed by atoms with E-state index in [1.165, 1.54) is 5.56 Å². The van der Waals surface area contributed by atoms with Crippen molar-refractivity contribution in [3.63, 3.8) is 0 Å². The Kier molecular flexibility index (Phi) is 5.00. The zero-order valence-electron chi connectivity index (χ0n) is 16.8. The predicted molar refractivity (Wildman–Crippen MR) is 109 cm³/mol. The summed E-state index contributed by atoms with van der Waals surface area (Å²) in [6, 6.07) is 9.25. The van der Waals surface area contributed by atoms with Crippen molar-refractivity contribution in [3.05, 3.63) is 65.0 Å². The highest BCUT2D eigenvalue weighted by Gasteiger charge is 2.54. The van der Waals surface area contributed by atoms with Gasteiger partial charge in [-0.1, -0.05) is 6.07 Å². The van der Waals surface area contributed by atoms with Crippen LogP contribution in [0.15, 0.2) is 42.7 Å². The van der Waals surface area contributed by atoms with E-state index < -0.39 is 0 Å². The molecule has 2 fully saturated rings. The molecule has 2 aromatic rings. The van der Waals surface area contributed by atoms with Gasteiger partial charge < -0.3 is 19.7 Å². The van der Waals surface area contributed by atoms with Crippen LogP contribution in [0.25, 0.3) is 0 Å². The molecule has 1 spiro atoms. The van der Waals surface area contributed by atoms with Crippen LogP contribution in [0.4, 0.5) is 0 Å². The number of likely N-dealkylation sites (tertiary alicyclic amines) is 1.